The molecule has 0 bridgehead atoms. The van der Waals surface area contributed by atoms with Gasteiger partial charge in [0.2, 0.25) is 0 Å². The lowest BCUT2D eigenvalue weighted by Gasteiger charge is -2.26. The van der Waals surface area contributed by atoms with Crippen LogP contribution < -0.4 is 10.6 Å². The molecule has 2 rings (SSSR count). The fourth-order valence-electron chi connectivity index (χ4n) is 2.56. The molecule has 2 atom stereocenters. The Balaban J connectivity index is 1.93. The van der Waals surface area contributed by atoms with Crippen LogP contribution in [0.1, 0.15) is 43.0 Å². The van der Waals surface area contributed by atoms with E-state index in [4.69, 9.17) is 0 Å². The first-order valence-electron chi connectivity index (χ1n) is 6.97. The fraction of sp³-hybridized carbons (Fsp3) is 0.714. The van der Waals surface area contributed by atoms with Gasteiger partial charge in [-0.25, -0.2) is 9.78 Å². The smallest absolute Gasteiger partial charge is 0.315 e. The van der Waals surface area contributed by atoms with Crippen molar-refractivity contribution in [3.63, 3.8) is 0 Å². The van der Waals surface area contributed by atoms with Gasteiger partial charge in [-0.1, -0.05) is 6.42 Å². The van der Waals surface area contributed by atoms with Crippen molar-refractivity contribution in [2.45, 2.75) is 56.9 Å². The van der Waals surface area contributed by atoms with Gasteiger partial charge < -0.3 is 10.6 Å². The predicted molar refractivity (Wildman–Crippen MR) is 86.5 cm³/mol. The second-order valence-corrected chi connectivity index (χ2v) is 8.12. The summed E-state index contributed by atoms with van der Waals surface area (Å²) in [5.74, 6) is 0. The lowest BCUT2D eigenvalue weighted by molar-refractivity contribution is 0.226. The van der Waals surface area contributed by atoms with Crippen LogP contribution in [0, 0.1) is 6.92 Å². The Labute approximate surface area is 129 Å². The van der Waals surface area contributed by atoms with Crippen molar-refractivity contribution in [2.24, 2.45) is 0 Å². The molecule has 0 saturated heterocycles. The molecule has 1 heterocycles. The molecule has 1 fully saturated rings. The second-order valence-electron chi connectivity index (χ2n) is 5.81. The maximum atomic E-state index is 12.2. The number of carbonyl (C=O) groups is 1. The van der Waals surface area contributed by atoms with E-state index in [1.165, 1.54) is 12.8 Å². The molecule has 0 aromatic carbocycles. The first-order valence-corrected chi connectivity index (χ1v) is 9.07. The molecule has 0 aliphatic heterocycles. The number of aryl methyl sites for hydroxylation is 1. The average molecular weight is 313 g/mol. The van der Waals surface area contributed by atoms with Gasteiger partial charge in [-0.2, -0.15) is 11.8 Å². The highest BCUT2D eigenvalue weighted by Crippen LogP contribution is 2.29. The number of nitrogens with zero attached hydrogens (tertiary/aromatic N) is 1. The Kier molecular flexibility index (Phi) is 4.96. The zero-order chi connectivity index (χ0) is 14.8. The number of amides is 2. The summed E-state index contributed by atoms with van der Waals surface area (Å²) in [7, 11) is 0. The number of hydrogen-bond acceptors (Lipinski definition) is 4. The molecule has 1 aromatic rings. The van der Waals surface area contributed by atoms with E-state index in [0.29, 0.717) is 11.3 Å². The average Bonchev–Trinajstić information content (AvgIpc) is 2.97. The van der Waals surface area contributed by atoms with E-state index in [2.05, 4.69) is 21.9 Å². The summed E-state index contributed by atoms with van der Waals surface area (Å²) < 4.78 is 0. The largest absolute Gasteiger partial charge is 0.334 e. The molecule has 20 heavy (non-hydrogen) atoms. The molecule has 1 aliphatic rings. The molecule has 2 N–H and O–H groups in total. The molecule has 4 nitrogen and oxygen atoms in total. The van der Waals surface area contributed by atoms with Crippen LogP contribution in [-0.2, 0) is 5.54 Å². The van der Waals surface area contributed by atoms with Crippen molar-refractivity contribution in [3.05, 3.63) is 16.1 Å². The van der Waals surface area contributed by atoms with E-state index < -0.39 is 5.54 Å². The van der Waals surface area contributed by atoms with Gasteiger partial charge in [0.1, 0.15) is 5.01 Å². The van der Waals surface area contributed by atoms with E-state index in [9.17, 15) is 4.79 Å². The van der Waals surface area contributed by atoms with Crippen molar-refractivity contribution < 1.29 is 4.79 Å². The third kappa shape index (κ3) is 3.67. The normalized spacial score (nSPS) is 22.8. The molecule has 1 aromatic heterocycles. The van der Waals surface area contributed by atoms with Crippen molar-refractivity contribution in [1.29, 1.82) is 0 Å². The quantitative estimate of drug-likeness (QED) is 0.897. The maximum absolute atomic E-state index is 12.2. The van der Waals surface area contributed by atoms with Gasteiger partial charge in [0.15, 0.2) is 0 Å². The van der Waals surface area contributed by atoms with Gasteiger partial charge in [-0.3, -0.25) is 0 Å². The van der Waals surface area contributed by atoms with Crippen molar-refractivity contribution >= 4 is 29.1 Å². The third-order valence-electron chi connectivity index (χ3n) is 3.65. The van der Waals surface area contributed by atoms with Crippen molar-refractivity contribution in [3.8, 4) is 0 Å². The number of thioether (sulfide) groups is 1. The van der Waals surface area contributed by atoms with E-state index in [-0.39, 0.29) is 6.03 Å². The monoisotopic (exact) mass is 313 g/mol. The second kappa shape index (κ2) is 6.35. The third-order valence-corrected chi connectivity index (χ3v) is 6.06. The SMILES string of the molecule is CS[C@@H]1CCC[C@@H]1NC(=O)NC(C)(C)c1ncc(C)s1. The first-order chi connectivity index (χ1) is 9.42. The minimum Gasteiger partial charge on any atom is -0.334 e. The van der Waals surface area contributed by atoms with Crippen LogP contribution in [-0.4, -0.2) is 28.6 Å². The standard InChI is InChI=1S/C14H23N3OS2/c1-9-8-15-12(20-9)14(2,3)17-13(18)16-10-6-5-7-11(10)19-4/h8,10-11H,5-7H2,1-4H3,(H2,16,17,18)/t10-,11+/m0/s1. The number of aromatic nitrogens is 1. The van der Waals surface area contributed by atoms with Crippen LogP contribution in [0.4, 0.5) is 4.79 Å². The number of hydrogen-bond donors (Lipinski definition) is 2. The highest BCUT2D eigenvalue weighted by Gasteiger charge is 2.31. The molecule has 1 saturated carbocycles. The summed E-state index contributed by atoms with van der Waals surface area (Å²) in [4.78, 5) is 17.7. The Bertz CT molecular complexity index is 473. The van der Waals surface area contributed by atoms with Crippen LogP contribution in [0.15, 0.2) is 6.20 Å². The summed E-state index contributed by atoms with van der Waals surface area (Å²) in [6.07, 6.45) is 7.44. The van der Waals surface area contributed by atoms with Crippen molar-refractivity contribution in [1.82, 2.24) is 15.6 Å². The van der Waals surface area contributed by atoms with Gasteiger partial charge in [0, 0.05) is 22.4 Å². The van der Waals surface area contributed by atoms with Crippen LogP contribution in [0.5, 0.6) is 0 Å². The van der Waals surface area contributed by atoms with Crippen LogP contribution >= 0.6 is 23.1 Å². The van der Waals surface area contributed by atoms with Crippen LogP contribution in [0.2, 0.25) is 0 Å². The highest BCUT2D eigenvalue weighted by molar-refractivity contribution is 7.99. The van der Waals surface area contributed by atoms with Gasteiger partial charge >= 0.3 is 6.03 Å². The fourth-order valence-corrected chi connectivity index (χ4v) is 4.32. The lowest BCUT2D eigenvalue weighted by Crippen LogP contribution is -2.50. The highest BCUT2D eigenvalue weighted by atomic mass is 32.2. The topological polar surface area (TPSA) is 54.0 Å². The molecular formula is C14H23N3OS2. The summed E-state index contributed by atoms with van der Waals surface area (Å²) >= 11 is 3.47. The summed E-state index contributed by atoms with van der Waals surface area (Å²) in [5, 5.41) is 7.65. The van der Waals surface area contributed by atoms with Gasteiger partial charge in [0.25, 0.3) is 0 Å². The lowest BCUT2D eigenvalue weighted by atomic mass is 10.1. The van der Waals surface area contributed by atoms with E-state index in [0.717, 1.165) is 16.3 Å². The Morgan fingerprint density at radius 1 is 1.50 bits per heavy atom. The minimum absolute atomic E-state index is 0.0891. The number of thiazole rings is 1. The molecule has 112 valence electrons. The first kappa shape index (κ1) is 15.6. The number of rotatable bonds is 4. The zero-order valence-corrected chi connectivity index (χ0v) is 14.2. The van der Waals surface area contributed by atoms with Crippen LogP contribution in [0.3, 0.4) is 0 Å². The molecule has 6 heteroatoms. The van der Waals surface area contributed by atoms with Crippen molar-refractivity contribution in [2.75, 3.05) is 6.26 Å². The molecular weight excluding hydrogens is 290 g/mol. The maximum Gasteiger partial charge on any atom is 0.315 e. The number of nitrogens with one attached hydrogen (secondary N) is 2. The molecule has 0 radical (unpaired) electrons. The molecule has 0 spiro atoms. The van der Waals surface area contributed by atoms with E-state index in [1.807, 2.05) is 38.7 Å². The van der Waals surface area contributed by atoms with Gasteiger partial charge in [0.05, 0.1) is 5.54 Å². The predicted octanol–water partition coefficient (Wildman–Crippen LogP) is 3.27. The minimum atomic E-state index is -0.434. The summed E-state index contributed by atoms with van der Waals surface area (Å²) in [5.41, 5.74) is -0.434. The summed E-state index contributed by atoms with van der Waals surface area (Å²) in [6.45, 7) is 6.01. The molecule has 2 amide bonds. The Hall–Kier alpha value is -0.750. The molecule has 1 aliphatic carbocycles. The van der Waals surface area contributed by atoms with Gasteiger partial charge in [-0.15, -0.1) is 11.3 Å². The van der Waals surface area contributed by atoms with E-state index >= 15 is 0 Å². The van der Waals surface area contributed by atoms with Crippen LogP contribution in [0.25, 0.3) is 0 Å². The summed E-state index contributed by atoms with van der Waals surface area (Å²) in [6, 6.07) is 0.202. The zero-order valence-electron chi connectivity index (χ0n) is 12.5. The molecule has 0 unspecified atom stereocenters. The number of urea groups is 1. The Morgan fingerprint density at radius 3 is 2.85 bits per heavy atom. The van der Waals surface area contributed by atoms with E-state index in [1.54, 1.807) is 11.3 Å². The van der Waals surface area contributed by atoms with Gasteiger partial charge in [-0.05, 0) is 39.9 Å². The number of carbonyl (C=O) groups excluding carboxylic acids is 1. The Morgan fingerprint density at radius 2 is 2.25 bits per heavy atom.